The van der Waals surface area contributed by atoms with Crippen LogP contribution in [0.4, 0.5) is 0 Å². The molecular weight excluding hydrogens is 270 g/mol. The van der Waals surface area contributed by atoms with Crippen LogP contribution in [0.2, 0.25) is 0 Å². The SMILES string of the molecule is CC(N)C(=O)c1cc2ccccc2c2ccccc12.Cl. The number of hydrogen-bond donors (Lipinski definition) is 1. The van der Waals surface area contributed by atoms with E-state index in [1.165, 1.54) is 5.39 Å². The molecule has 102 valence electrons. The Balaban J connectivity index is 0.00000147. The van der Waals surface area contributed by atoms with Gasteiger partial charge in [0.25, 0.3) is 0 Å². The van der Waals surface area contributed by atoms with Gasteiger partial charge in [-0.15, -0.1) is 12.4 Å². The van der Waals surface area contributed by atoms with E-state index in [1.54, 1.807) is 6.92 Å². The van der Waals surface area contributed by atoms with Crippen molar-refractivity contribution in [3.05, 3.63) is 60.2 Å². The number of benzene rings is 3. The van der Waals surface area contributed by atoms with E-state index < -0.39 is 6.04 Å². The normalized spacial score (nSPS) is 12.1. The lowest BCUT2D eigenvalue weighted by atomic mass is 9.93. The van der Waals surface area contributed by atoms with Crippen molar-refractivity contribution in [2.45, 2.75) is 13.0 Å². The largest absolute Gasteiger partial charge is 0.321 e. The summed E-state index contributed by atoms with van der Waals surface area (Å²) in [7, 11) is 0. The molecule has 3 rings (SSSR count). The summed E-state index contributed by atoms with van der Waals surface area (Å²) in [5.74, 6) is -0.0121. The highest BCUT2D eigenvalue weighted by Crippen LogP contribution is 2.29. The molecule has 3 heteroatoms. The highest BCUT2D eigenvalue weighted by Gasteiger charge is 2.15. The van der Waals surface area contributed by atoms with Gasteiger partial charge in [-0.25, -0.2) is 0 Å². The maximum absolute atomic E-state index is 12.3. The van der Waals surface area contributed by atoms with Gasteiger partial charge >= 0.3 is 0 Å². The Hall–Kier alpha value is -1.90. The van der Waals surface area contributed by atoms with Gasteiger partial charge in [-0.2, -0.15) is 0 Å². The van der Waals surface area contributed by atoms with Gasteiger partial charge in [0.05, 0.1) is 6.04 Å². The first-order chi connectivity index (χ1) is 9.18. The first-order valence-electron chi connectivity index (χ1n) is 6.39. The third kappa shape index (κ3) is 2.28. The lowest BCUT2D eigenvalue weighted by Gasteiger charge is -2.11. The van der Waals surface area contributed by atoms with Gasteiger partial charge in [0.15, 0.2) is 5.78 Å². The van der Waals surface area contributed by atoms with Crippen molar-refractivity contribution in [2.75, 3.05) is 0 Å². The van der Waals surface area contributed by atoms with Crippen molar-refractivity contribution in [1.29, 1.82) is 0 Å². The van der Waals surface area contributed by atoms with Crippen molar-refractivity contribution in [3.63, 3.8) is 0 Å². The van der Waals surface area contributed by atoms with Gasteiger partial charge in [-0.3, -0.25) is 4.79 Å². The molecule has 0 radical (unpaired) electrons. The van der Waals surface area contributed by atoms with Gasteiger partial charge in [0, 0.05) is 5.56 Å². The Morgan fingerprint density at radius 3 is 2.15 bits per heavy atom. The highest BCUT2D eigenvalue weighted by atomic mass is 35.5. The molecule has 1 atom stereocenters. The van der Waals surface area contributed by atoms with Gasteiger partial charge in [-0.1, -0.05) is 48.5 Å². The van der Waals surface area contributed by atoms with E-state index in [2.05, 4.69) is 12.1 Å². The molecule has 0 bridgehead atoms. The summed E-state index contributed by atoms with van der Waals surface area (Å²) in [6, 6.07) is 17.6. The van der Waals surface area contributed by atoms with Crippen LogP contribution in [0.5, 0.6) is 0 Å². The quantitative estimate of drug-likeness (QED) is 0.572. The first kappa shape index (κ1) is 14.5. The number of fused-ring (bicyclic) bond motifs is 3. The van der Waals surface area contributed by atoms with Crippen molar-refractivity contribution < 1.29 is 4.79 Å². The predicted molar refractivity (Wildman–Crippen MR) is 86.7 cm³/mol. The van der Waals surface area contributed by atoms with Gasteiger partial charge in [-0.05, 0) is 34.5 Å². The summed E-state index contributed by atoms with van der Waals surface area (Å²) in [6.07, 6.45) is 0. The molecule has 0 spiro atoms. The second kappa shape index (κ2) is 5.61. The second-order valence-electron chi connectivity index (χ2n) is 4.84. The zero-order valence-corrected chi connectivity index (χ0v) is 12.0. The summed E-state index contributed by atoms with van der Waals surface area (Å²) in [5, 5.41) is 4.32. The van der Waals surface area contributed by atoms with Crippen LogP contribution in [-0.4, -0.2) is 11.8 Å². The van der Waals surface area contributed by atoms with E-state index in [0.29, 0.717) is 5.56 Å². The topological polar surface area (TPSA) is 43.1 Å². The fourth-order valence-corrected chi connectivity index (χ4v) is 2.50. The number of ketones is 1. The zero-order valence-electron chi connectivity index (χ0n) is 11.2. The highest BCUT2D eigenvalue weighted by molar-refractivity contribution is 6.18. The van der Waals surface area contributed by atoms with Crippen LogP contribution >= 0.6 is 12.4 Å². The van der Waals surface area contributed by atoms with Crippen LogP contribution in [0.3, 0.4) is 0 Å². The van der Waals surface area contributed by atoms with Gasteiger partial charge in [0.1, 0.15) is 0 Å². The molecule has 3 aromatic carbocycles. The molecule has 3 aromatic rings. The van der Waals surface area contributed by atoms with E-state index in [1.807, 2.05) is 42.5 Å². The molecule has 0 aliphatic rings. The van der Waals surface area contributed by atoms with Crippen molar-refractivity contribution in [3.8, 4) is 0 Å². The van der Waals surface area contributed by atoms with Crippen LogP contribution in [0.25, 0.3) is 21.5 Å². The van der Waals surface area contributed by atoms with Crippen molar-refractivity contribution >= 4 is 39.7 Å². The molecule has 1 unspecified atom stereocenters. The minimum Gasteiger partial charge on any atom is -0.321 e. The number of carbonyl (C=O) groups is 1. The standard InChI is InChI=1S/C17H15NO.ClH/c1-11(18)17(19)16-10-12-6-2-3-7-13(12)14-8-4-5-9-15(14)16;/h2-11H,18H2,1H3;1H. The second-order valence-corrected chi connectivity index (χ2v) is 4.84. The number of hydrogen-bond acceptors (Lipinski definition) is 2. The third-order valence-electron chi connectivity index (χ3n) is 3.45. The Bertz CT molecular complexity index is 780. The molecule has 0 aliphatic carbocycles. The number of carbonyl (C=O) groups excluding carboxylic acids is 1. The molecule has 0 fully saturated rings. The molecule has 0 saturated carbocycles. The van der Waals surface area contributed by atoms with Crippen LogP contribution in [-0.2, 0) is 0 Å². The monoisotopic (exact) mass is 285 g/mol. The van der Waals surface area contributed by atoms with E-state index in [9.17, 15) is 4.79 Å². The maximum atomic E-state index is 12.3. The molecule has 0 aromatic heterocycles. The molecule has 20 heavy (non-hydrogen) atoms. The Labute approximate surface area is 124 Å². The van der Waals surface area contributed by atoms with E-state index in [4.69, 9.17) is 5.73 Å². The molecular formula is C17H16ClNO. The fourth-order valence-electron chi connectivity index (χ4n) is 2.50. The number of Topliss-reactive ketones (excluding diaryl/α,β-unsaturated/α-hetero) is 1. The lowest BCUT2D eigenvalue weighted by Crippen LogP contribution is -2.26. The van der Waals surface area contributed by atoms with Crippen molar-refractivity contribution in [2.24, 2.45) is 5.73 Å². The lowest BCUT2D eigenvalue weighted by molar-refractivity contribution is 0.0969. The minimum absolute atomic E-state index is 0. The third-order valence-corrected chi connectivity index (χ3v) is 3.45. The predicted octanol–water partition coefficient (Wildman–Crippen LogP) is 3.94. The molecule has 2 nitrogen and oxygen atoms in total. The summed E-state index contributed by atoms with van der Waals surface area (Å²) >= 11 is 0. The Morgan fingerprint density at radius 1 is 0.950 bits per heavy atom. The van der Waals surface area contributed by atoms with Crippen LogP contribution in [0.1, 0.15) is 17.3 Å². The smallest absolute Gasteiger partial charge is 0.179 e. The average Bonchev–Trinajstić information content (AvgIpc) is 2.45. The van der Waals surface area contributed by atoms with Crippen LogP contribution in [0, 0.1) is 0 Å². The molecule has 0 aliphatic heterocycles. The average molecular weight is 286 g/mol. The zero-order chi connectivity index (χ0) is 13.4. The number of halogens is 1. The molecule has 0 saturated heterocycles. The first-order valence-corrected chi connectivity index (χ1v) is 6.39. The number of nitrogens with two attached hydrogens (primary N) is 1. The molecule has 0 amide bonds. The van der Waals surface area contributed by atoms with E-state index in [-0.39, 0.29) is 18.2 Å². The fraction of sp³-hybridized carbons (Fsp3) is 0.118. The summed E-state index contributed by atoms with van der Waals surface area (Å²) in [4.78, 5) is 12.3. The van der Waals surface area contributed by atoms with E-state index >= 15 is 0 Å². The Kier molecular flexibility index (Phi) is 4.07. The van der Waals surface area contributed by atoms with Crippen LogP contribution in [0.15, 0.2) is 54.6 Å². The summed E-state index contributed by atoms with van der Waals surface area (Å²) < 4.78 is 0. The van der Waals surface area contributed by atoms with Crippen LogP contribution < -0.4 is 5.73 Å². The van der Waals surface area contributed by atoms with Gasteiger partial charge in [0.2, 0.25) is 0 Å². The number of rotatable bonds is 2. The summed E-state index contributed by atoms with van der Waals surface area (Å²) in [5.41, 5.74) is 6.47. The molecule has 0 heterocycles. The maximum Gasteiger partial charge on any atom is 0.179 e. The molecule has 2 N–H and O–H groups in total. The van der Waals surface area contributed by atoms with E-state index in [0.717, 1.165) is 16.2 Å². The summed E-state index contributed by atoms with van der Waals surface area (Å²) in [6.45, 7) is 1.73. The minimum atomic E-state index is -0.482. The van der Waals surface area contributed by atoms with Crippen molar-refractivity contribution in [1.82, 2.24) is 0 Å². The van der Waals surface area contributed by atoms with Gasteiger partial charge < -0.3 is 5.73 Å². The Morgan fingerprint density at radius 2 is 1.50 bits per heavy atom.